The van der Waals surface area contributed by atoms with Gasteiger partial charge in [0, 0.05) is 31.6 Å². The van der Waals surface area contributed by atoms with Gasteiger partial charge in [-0.15, -0.1) is 0 Å². The molecule has 1 saturated heterocycles. The van der Waals surface area contributed by atoms with Gasteiger partial charge in [-0.1, -0.05) is 60.7 Å². The van der Waals surface area contributed by atoms with E-state index in [2.05, 4.69) is 32.6 Å². The van der Waals surface area contributed by atoms with Crippen molar-refractivity contribution in [3.05, 3.63) is 72.1 Å². The second-order valence-electron chi connectivity index (χ2n) is 7.57. The number of aromatic nitrogens is 3. The number of likely N-dealkylation sites (tertiary alicyclic amines) is 1. The summed E-state index contributed by atoms with van der Waals surface area (Å²) in [7, 11) is 0. The molecule has 6 nitrogen and oxygen atoms in total. The van der Waals surface area contributed by atoms with E-state index < -0.39 is 0 Å². The molecule has 2 amide bonds. The normalized spacial score (nSPS) is 14.7. The number of aromatic amines is 1. The quantitative estimate of drug-likeness (QED) is 0.675. The molecule has 0 radical (unpaired) electrons. The summed E-state index contributed by atoms with van der Waals surface area (Å²) in [6.07, 6.45) is 3.72. The first-order chi connectivity index (χ1) is 14.3. The minimum absolute atomic E-state index is 0.0467. The highest BCUT2D eigenvalue weighted by atomic mass is 16.2. The van der Waals surface area contributed by atoms with Crippen molar-refractivity contribution in [1.29, 1.82) is 0 Å². The third kappa shape index (κ3) is 5.22. The average molecular weight is 390 g/mol. The maximum Gasteiger partial charge on any atom is 0.317 e. The van der Waals surface area contributed by atoms with Crippen molar-refractivity contribution < 1.29 is 4.79 Å². The van der Waals surface area contributed by atoms with Crippen molar-refractivity contribution in [3.63, 3.8) is 0 Å². The Morgan fingerprint density at radius 2 is 1.72 bits per heavy atom. The molecule has 0 saturated carbocycles. The number of nitrogens with zero attached hydrogens (tertiary/aromatic N) is 3. The summed E-state index contributed by atoms with van der Waals surface area (Å²) < 4.78 is 0. The predicted molar refractivity (Wildman–Crippen MR) is 113 cm³/mol. The van der Waals surface area contributed by atoms with Crippen LogP contribution in [0.15, 0.2) is 60.7 Å². The monoisotopic (exact) mass is 389 g/mol. The van der Waals surface area contributed by atoms with Gasteiger partial charge in [0.15, 0.2) is 5.82 Å². The number of rotatable bonds is 6. The summed E-state index contributed by atoms with van der Waals surface area (Å²) in [5.74, 6) is 2.20. The van der Waals surface area contributed by atoms with Gasteiger partial charge in [-0.25, -0.2) is 9.78 Å². The molecule has 2 aromatic carbocycles. The van der Waals surface area contributed by atoms with Crippen molar-refractivity contribution >= 4 is 6.03 Å². The van der Waals surface area contributed by atoms with Crippen LogP contribution in [0.2, 0.25) is 0 Å². The number of hydrogen-bond donors (Lipinski definition) is 2. The number of carbonyl (C=O) groups is 1. The molecule has 29 heavy (non-hydrogen) atoms. The molecule has 6 heteroatoms. The van der Waals surface area contributed by atoms with Crippen LogP contribution in [-0.4, -0.2) is 45.7 Å². The topological polar surface area (TPSA) is 73.9 Å². The number of nitrogens with one attached hydrogen (secondary N) is 2. The van der Waals surface area contributed by atoms with Crippen molar-refractivity contribution in [3.8, 4) is 11.4 Å². The van der Waals surface area contributed by atoms with Gasteiger partial charge in [0.05, 0.1) is 0 Å². The number of H-pyrrole nitrogens is 1. The second kappa shape index (κ2) is 9.37. The van der Waals surface area contributed by atoms with E-state index in [4.69, 9.17) is 0 Å². The lowest BCUT2D eigenvalue weighted by molar-refractivity contribution is 0.170. The van der Waals surface area contributed by atoms with E-state index in [0.717, 1.165) is 56.0 Å². The Morgan fingerprint density at radius 1 is 1.03 bits per heavy atom. The van der Waals surface area contributed by atoms with E-state index in [-0.39, 0.29) is 6.03 Å². The molecular formula is C23H27N5O. The van der Waals surface area contributed by atoms with Gasteiger partial charge in [0.2, 0.25) is 0 Å². The van der Waals surface area contributed by atoms with Crippen molar-refractivity contribution in [1.82, 2.24) is 25.4 Å². The summed E-state index contributed by atoms with van der Waals surface area (Å²) in [5.41, 5.74) is 2.27. The number of piperidine rings is 1. The van der Waals surface area contributed by atoms with Gasteiger partial charge < -0.3 is 10.2 Å². The minimum atomic E-state index is 0.0467. The first-order valence-corrected chi connectivity index (χ1v) is 10.3. The lowest BCUT2D eigenvalue weighted by Crippen LogP contribution is -2.45. The van der Waals surface area contributed by atoms with Gasteiger partial charge in [-0.2, -0.15) is 5.10 Å². The van der Waals surface area contributed by atoms with Crippen molar-refractivity contribution in [2.75, 3.05) is 19.6 Å². The van der Waals surface area contributed by atoms with Gasteiger partial charge >= 0.3 is 6.03 Å². The molecule has 0 atom stereocenters. The minimum Gasteiger partial charge on any atom is -0.338 e. The lowest BCUT2D eigenvalue weighted by atomic mass is 9.93. The summed E-state index contributed by atoms with van der Waals surface area (Å²) in [4.78, 5) is 19.0. The van der Waals surface area contributed by atoms with E-state index >= 15 is 0 Å². The smallest absolute Gasteiger partial charge is 0.317 e. The molecule has 0 bridgehead atoms. The molecule has 1 aromatic heterocycles. The molecule has 2 N–H and O–H groups in total. The molecule has 3 aromatic rings. The molecule has 0 spiro atoms. The van der Waals surface area contributed by atoms with Gasteiger partial charge in [0.1, 0.15) is 5.82 Å². The van der Waals surface area contributed by atoms with E-state index in [0.29, 0.717) is 12.5 Å². The average Bonchev–Trinajstić information content (AvgIpc) is 3.24. The molecule has 1 aliphatic rings. The fourth-order valence-corrected chi connectivity index (χ4v) is 3.79. The first kappa shape index (κ1) is 19.2. The van der Waals surface area contributed by atoms with Crippen LogP contribution in [0.25, 0.3) is 11.4 Å². The second-order valence-corrected chi connectivity index (χ2v) is 7.57. The molecule has 1 aliphatic heterocycles. The molecule has 0 aliphatic carbocycles. The first-order valence-electron chi connectivity index (χ1n) is 10.3. The Kier molecular flexibility index (Phi) is 6.19. The number of urea groups is 1. The van der Waals surface area contributed by atoms with E-state index in [9.17, 15) is 4.79 Å². The van der Waals surface area contributed by atoms with Crippen LogP contribution < -0.4 is 5.32 Å². The Hall–Kier alpha value is -3.15. The van der Waals surface area contributed by atoms with Crippen LogP contribution in [-0.2, 0) is 12.8 Å². The zero-order chi connectivity index (χ0) is 19.9. The fourth-order valence-electron chi connectivity index (χ4n) is 3.79. The van der Waals surface area contributed by atoms with Crippen molar-refractivity contribution in [2.24, 2.45) is 5.92 Å². The van der Waals surface area contributed by atoms with Crippen LogP contribution in [0.4, 0.5) is 4.79 Å². The number of hydrogen-bond acceptors (Lipinski definition) is 3. The third-order valence-electron chi connectivity index (χ3n) is 5.48. The van der Waals surface area contributed by atoms with Crippen LogP contribution in [0.1, 0.15) is 24.2 Å². The highest BCUT2D eigenvalue weighted by Gasteiger charge is 2.23. The van der Waals surface area contributed by atoms with Crippen LogP contribution in [0, 0.1) is 5.92 Å². The van der Waals surface area contributed by atoms with E-state index in [1.165, 1.54) is 5.56 Å². The summed E-state index contributed by atoms with van der Waals surface area (Å²) >= 11 is 0. The summed E-state index contributed by atoms with van der Waals surface area (Å²) in [6, 6.07) is 20.3. The number of carbonyl (C=O) groups excluding carboxylic acids is 1. The van der Waals surface area contributed by atoms with E-state index in [1.54, 1.807) is 0 Å². The molecule has 2 heterocycles. The zero-order valence-corrected chi connectivity index (χ0v) is 16.6. The van der Waals surface area contributed by atoms with E-state index in [1.807, 2.05) is 53.4 Å². The highest BCUT2D eigenvalue weighted by molar-refractivity contribution is 5.74. The Balaban J connectivity index is 1.20. The molecule has 150 valence electrons. The Morgan fingerprint density at radius 3 is 2.45 bits per heavy atom. The fraction of sp³-hybridized carbons (Fsp3) is 0.348. The van der Waals surface area contributed by atoms with Gasteiger partial charge in [0.25, 0.3) is 0 Å². The van der Waals surface area contributed by atoms with Crippen molar-refractivity contribution in [2.45, 2.75) is 25.7 Å². The number of amides is 2. The zero-order valence-electron chi connectivity index (χ0n) is 16.6. The molecular weight excluding hydrogens is 362 g/mol. The highest BCUT2D eigenvalue weighted by Crippen LogP contribution is 2.21. The third-order valence-corrected chi connectivity index (χ3v) is 5.48. The SMILES string of the molecule is O=C(NCCc1ccccc1)N1CCC(Cc2nc(-c3ccccc3)n[nH]2)CC1. The van der Waals surface area contributed by atoms with Gasteiger partial charge in [-0.05, 0) is 30.7 Å². The van der Waals surface area contributed by atoms with Gasteiger partial charge in [-0.3, -0.25) is 5.10 Å². The summed E-state index contributed by atoms with van der Waals surface area (Å²) in [6.45, 7) is 2.26. The standard InChI is InChI=1S/C23H27N5O/c29-23(24-14-11-18-7-3-1-4-8-18)28-15-12-19(13-16-28)17-21-25-22(27-26-21)20-9-5-2-6-10-20/h1-10,19H,11-17H2,(H,24,29)(H,25,26,27). The Labute approximate surface area is 171 Å². The largest absolute Gasteiger partial charge is 0.338 e. The van der Waals surface area contributed by atoms with Crippen LogP contribution >= 0.6 is 0 Å². The number of benzene rings is 2. The maximum atomic E-state index is 12.4. The predicted octanol–water partition coefficient (Wildman–Crippen LogP) is 3.68. The van der Waals surface area contributed by atoms with Crippen LogP contribution in [0.5, 0.6) is 0 Å². The summed E-state index contributed by atoms with van der Waals surface area (Å²) in [5, 5.41) is 10.5. The lowest BCUT2D eigenvalue weighted by Gasteiger charge is -2.31. The molecule has 4 rings (SSSR count). The Bertz CT molecular complexity index is 901. The maximum absolute atomic E-state index is 12.4. The van der Waals surface area contributed by atoms with Crippen LogP contribution in [0.3, 0.4) is 0 Å². The molecule has 0 unspecified atom stereocenters. The molecule has 1 fully saturated rings.